The van der Waals surface area contributed by atoms with Gasteiger partial charge in [0.05, 0.1) is 18.2 Å². The SMILES string of the molecule is Cc1ccc(-c2cnc[nH]2)c2c1CCC=C2. The molecule has 0 unspecified atom stereocenters. The van der Waals surface area contributed by atoms with Crippen molar-refractivity contribution in [2.24, 2.45) is 0 Å². The van der Waals surface area contributed by atoms with Gasteiger partial charge in [0, 0.05) is 5.56 Å². The van der Waals surface area contributed by atoms with Crippen LogP contribution in [0.2, 0.25) is 0 Å². The summed E-state index contributed by atoms with van der Waals surface area (Å²) in [5.41, 5.74) is 6.59. The Balaban J connectivity index is 2.25. The van der Waals surface area contributed by atoms with E-state index in [2.05, 4.69) is 41.2 Å². The molecule has 0 fully saturated rings. The van der Waals surface area contributed by atoms with Crippen LogP contribution in [0, 0.1) is 6.92 Å². The maximum Gasteiger partial charge on any atom is 0.0924 e. The van der Waals surface area contributed by atoms with Crippen LogP contribution in [0.15, 0.2) is 30.7 Å². The molecular formula is C14H14N2. The first-order chi connectivity index (χ1) is 7.86. The summed E-state index contributed by atoms with van der Waals surface area (Å²) >= 11 is 0. The molecule has 0 atom stereocenters. The number of benzene rings is 1. The maximum absolute atomic E-state index is 4.09. The molecule has 2 nitrogen and oxygen atoms in total. The second-order valence-electron chi connectivity index (χ2n) is 4.23. The molecule has 1 aliphatic carbocycles. The summed E-state index contributed by atoms with van der Waals surface area (Å²) < 4.78 is 0. The minimum atomic E-state index is 1.10. The summed E-state index contributed by atoms with van der Waals surface area (Å²) in [7, 11) is 0. The third kappa shape index (κ3) is 1.38. The molecular weight excluding hydrogens is 196 g/mol. The van der Waals surface area contributed by atoms with Gasteiger partial charge in [0.1, 0.15) is 0 Å². The van der Waals surface area contributed by atoms with E-state index in [1.54, 1.807) is 6.33 Å². The van der Waals surface area contributed by atoms with Crippen molar-refractivity contribution in [3.63, 3.8) is 0 Å². The largest absolute Gasteiger partial charge is 0.345 e. The van der Waals surface area contributed by atoms with Crippen LogP contribution in [0.1, 0.15) is 23.1 Å². The zero-order valence-electron chi connectivity index (χ0n) is 9.33. The highest BCUT2D eigenvalue weighted by atomic mass is 14.9. The highest BCUT2D eigenvalue weighted by Gasteiger charge is 2.13. The molecule has 80 valence electrons. The molecule has 2 aromatic rings. The number of aromatic amines is 1. The van der Waals surface area contributed by atoms with Crippen LogP contribution < -0.4 is 0 Å². The molecule has 1 aromatic heterocycles. The maximum atomic E-state index is 4.09. The van der Waals surface area contributed by atoms with E-state index in [0.29, 0.717) is 0 Å². The number of rotatable bonds is 1. The second-order valence-corrected chi connectivity index (χ2v) is 4.23. The van der Waals surface area contributed by atoms with Gasteiger partial charge in [0.25, 0.3) is 0 Å². The number of aromatic nitrogens is 2. The van der Waals surface area contributed by atoms with E-state index in [1.807, 2.05) is 6.20 Å². The average molecular weight is 210 g/mol. The van der Waals surface area contributed by atoms with E-state index < -0.39 is 0 Å². The average Bonchev–Trinajstić information content (AvgIpc) is 2.83. The van der Waals surface area contributed by atoms with Crippen molar-refractivity contribution in [2.45, 2.75) is 19.8 Å². The van der Waals surface area contributed by atoms with Crippen LogP contribution in [0.3, 0.4) is 0 Å². The van der Waals surface area contributed by atoms with Gasteiger partial charge in [-0.15, -0.1) is 0 Å². The number of nitrogens with zero attached hydrogens (tertiary/aromatic N) is 1. The summed E-state index contributed by atoms with van der Waals surface area (Å²) in [5, 5.41) is 0. The van der Waals surface area contributed by atoms with Gasteiger partial charge in [-0.05, 0) is 36.5 Å². The Morgan fingerprint density at radius 3 is 3.06 bits per heavy atom. The first kappa shape index (κ1) is 9.40. The minimum Gasteiger partial charge on any atom is -0.345 e. The minimum absolute atomic E-state index is 1.10. The fraction of sp³-hybridized carbons (Fsp3) is 0.214. The molecule has 1 aromatic carbocycles. The molecule has 2 heteroatoms. The van der Waals surface area contributed by atoms with Crippen molar-refractivity contribution in [1.82, 2.24) is 9.97 Å². The number of hydrogen-bond donors (Lipinski definition) is 1. The molecule has 0 saturated carbocycles. The number of fused-ring (bicyclic) bond motifs is 1. The Bertz CT molecular complexity index is 536. The van der Waals surface area contributed by atoms with Crippen LogP contribution in [0.5, 0.6) is 0 Å². The Morgan fingerprint density at radius 2 is 2.25 bits per heavy atom. The fourth-order valence-electron chi connectivity index (χ4n) is 2.36. The lowest BCUT2D eigenvalue weighted by atomic mass is 9.89. The summed E-state index contributed by atoms with van der Waals surface area (Å²) in [6, 6.07) is 4.38. The molecule has 0 saturated heterocycles. The lowest BCUT2D eigenvalue weighted by molar-refractivity contribution is 0.971. The molecule has 0 aliphatic heterocycles. The normalized spacial score (nSPS) is 13.8. The molecule has 0 radical (unpaired) electrons. The van der Waals surface area contributed by atoms with Crippen molar-refractivity contribution >= 4 is 6.08 Å². The van der Waals surface area contributed by atoms with Crippen molar-refractivity contribution in [2.75, 3.05) is 0 Å². The van der Waals surface area contributed by atoms with Crippen molar-refractivity contribution in [3.8, 4) is 11.3 Å². The number of H-pyrrole nitrogens is 1. The van der Waals surface area contributed by atoms with Gasteiger partial charge >= 0.3 is 0 Å². The molecule has 1 heterocycles. The highest BCUT2D eigenvalue weighted by Crippen LogP contribution is 2.31. The standard InChI is InChI=1S/C14H14N2/c1-10-6-7-13(14-8-15-9-16-14)12-5-3-2-4-11(10)12/h3,5-9H,2,4H2,1H3,(H,15,16). The lowest BCUT2D eigenvalue weighted by Crippen LogP contribution is -1.99. The Hall–Kier alpha value is -1.83. The number of hydrogen-bond acceptors (Lipinski definition) is 1. The van der Waals surface area contributed by atoms with E-state index in [9.17, 15) is 0 Å². The predicted octanol–water partition coefficient (Wildman–Crippen LogP) is 3.34. The van der Waals surface area contributed by atoms with E-state index in [-0.39, 0.29) is 0 Å². The highest BCUT2D eigenvalue weighted by molar-refractivity contribution is 5.76. The molecule has 3 rings (SSSR count). The van der Waals surface area contributed by atoms with E-state index in [1.165, 1.54) is 22.3 Å². The molecule has 16 heavy (non-hydrogen) atoms. The third-order valence-electron chi connectivity index (χ3n) is 3.23. The van der Waals surface area contributed by atoms with Crippen molar-refractivity contribution < 1.29 is 0 Å². The first-order valence-corrected chi connectivity index (χ1v) is 5.64. The first-order valence-electron chi connectivity index (χ1n) is 5.64. The topological polar surface area (TPSA) is 28.7 Å². The number of allylic oxidation sites excluding steroid dienone is 1. The second kappa shape index (κ2) is 3.63. The number of imidazole rings is 1. The van der Waals surface area contributed by atoms with Gasteiger partial charge in [0.15, 0.2) is 0 Å². The molecule has 1 N–H and O–H groups in total. The van der Waals surface area contributed by atoms with E-state index >= 15 is 0 Å². The van der Waals surface area contributed by atoms with Crippen LogP contribution in [0.4, 0.5) is 0 Å². The quantitative estimate of drug-likeness (QED) is 0.768. The zero-order valence-corrected chi connectivity index (χ0v) is 9.33. The summed E-state index contributed by atoms with van der Waals surface area (Å²) in [6.45, 7) is 2.19. The monoisotopic (exact) mass is 210 g/mol. The summed E-state index contributed by atoms with van der Waals surface area (Å²) in [4.78, 5) is 7.27. The van der Waals surface area contributed by atoms with E-state index in [4.69, 9.17) is 0 Å². The van der Waals surface area contributed by atoms with Crippen LogP contribution in [-0.2, 0) is 6.42 Å². The van der Waals surface area contributed by atoms with Crippen LogP contribution in [-0.4, -0.2) is 9.97 Å². The predicted molar refractivity (Wildman–Crippen MR) is 66.1 cm³/mol. The van der Waals surface area contributed by atoms with Crippen molar-refractivity contribution in [1.29, 1.82) is 0 Å². The molecule has 0 spiro atoms. The summed E-state index contributed by atoms with van der Waals surface area (Å²) in [6.07, 6.45) is 10.4. The summed E-state index contributed by atoms with van der Waals surface area (Å²) in [5.74, 6) is 0. The van der Waals surface area contributed by atoms with Gasteiger partial charge in [-0.2, -0.15) is 0 Å². The molecule has 1 aliphatic rings. The van der Waals surface area contributed by atoms with E-state index in [0.717, 1.165) is 18.5 Å². The number of nitrogens with one attached hydrogen (secondary N) is 1. The Labute approximate surface area is 95.0 Å². The van der Waals surface area contributed by atoms with Crippen molar-refractivity contribution in [3.05, 3.63) is 47.4 Å². The zero-order chi connectivity index (χ0) is 11.0. The smallest absolute Gasteiger partial charge is 0.0924 e. The Morgan fingerprint density at radius 1 is 1.31 bits per heavy atom. The Kier molecular flexibility index (Phi) is 2.13. The van der Waals surface area contributed by atoms with Gasteiger partial charge in [-0.3, -0.25) is 0 Å². The van der Waals surface area contributed by atoms with Crippen LogP contribution in [0.25, 0.3) is 17.3 Å². The molecule has 0 bridgehead atoms. The lowest BCUT2D eigenvalue weighted by Gasteiger charge is -2.16. The third-order valence-corrected chi connectivity index (χ3v) is 3.23. The van der Waals surface area contributed by atoms with Gasteiger partial charge in [-0.1, -0.05) is 24.3 Å². The van der Waals surface area contributed by atoms with Crippen LogP contribution >= 0.6 is 0 Å². The van der Waals surface area contributed by atoms with Gasteiger partial charge in [0.2, 0.25) is 0 Å². The molecule has 0 amide bonds. The van der Waals surface area contributed by atoms with Gasteiger partial charge in [-0.25, -0.2) is 4.98 Å². The fourth-order valence-corrected chi connectivity index (χ4v) is 2.36. The number of aryl methyl sites for hydroxylation is 1. The van der Waals surface area contributed by atoms with Gasteiger partial charge < -0.3 is 4.98 Å².